The average Bonchev–Trinajstić information content (AvgIpc) is 2.93. The van der Waals surface area contributed by atoms with Crippen LogP contribution in [0.15, 0.2) is 60.7 Å². The SMILES string of the molecule is COC(=O)CN1C(=S)N(c2ccccc2)C(=O)C1CC(=O)Nc1ccccc1. The van der Waals surface area contributed by atoms with Crippen molar-refractivity contribution in [2.75, 3.05) is 23.9 Å². The van der Waals surface area contributed by atoms with Crippen molar-refractivity contribution in [3.8, 4) is 0 Å². The summed E-state index contributed by atoms with van der Waals surface area (Å²) in [4.78, 5) is 40.2. The Balaban J connectivity index is 1.83. The zero-order valence-corrected chi connectivity index (χ0v) is 16.0. The highest BCUT2D eigenvalue weighted by Crippen LogP contribution is 2.27. The third-order valence-electron chi connectivity index (χ3n) is 4.30. The van der Waals surface area contributed by atoms with Crippen LogP contribution in [0, 0.1) is 0 Å². The minimum absolute atomic E-state index is 0.145. The van der Waals surface area contributed by atoms with Crippen molar-refractivity contribution in [1.82, 2.24) is 4.90 Å². The maximum Gasteiger partial charge on any atom is 0.325 e. The van der Waals surface area contributed by atoms with E-state index in [4.69, 9.17) is 17.0 Å². The lowest BCUT2D eigenvalue weighted by molar-refractivity contribution is -0.141. The number of rotatable bonds is 6. The van der Waals surface area contributed by atoms with Crippen LogP contribution in [-0.4, -0.2) is 47.5 Å². The van der Waals surface area contributed by atoms with E-state index in [1.165, 1.54) is 16.9 Å². The standard InChI is InChI=1S/C20H19N3O4S/c1-27-18(25)13-22-16(12-17(24)21-14-8-4-2-5-9-14)19(26)23(20(22)28)15-10-6-3-7-11-15/h2-11,16H,12-13H2,1H3,(H,21,24). The van der Waals surface area contributed by atoms with Gasteiger partial charge in [-0.2, -0.15) is 0 Å². The number of para-hydroxylation sites is 2. The maximum absolute atomic E-state index is 13.0. The number of esters is 1. The first kappa shape index (κ1) is 19.5. The summed E-state index contributed by atoms with van der Waals surface area (Å²) in [6.45, 7) is -0.215. The van der Waals surface area contributed by atoms with E-state index in [1.807, 2.05) is 12.1 Å². The van der Waals surface area contributed by atoms with Gasteiger partial charge >= 0.3 is 5.97 Å². The monoisotopic (exact) mass is 397 g/mol. The summed E-state index contributed by atoms with van der Waals surface area (Å²) in [5.41, 5.74) is 1.21. The highest BCUT2D eigenvalue weighted by Gasteiger charge is 2.44. The van der Waals surface area contributed by atoms with Gasteiger partial charge in [0.2, 0.25) is 5.91 Å². The second-order valence-electron chi connectivity index (χ2n) is 6.13. The zero-order valence-electron chi connectivity index (χ0n) is 15.2. The zero-order chi connectivity index (χ0) is 20.1. The van der Waals surface area contributed by atoms with Crippen LogP contribution in [0.4, 0.5) is 11.4 Å². The number of carbonyl (C=O) groups is 3. The number of carbonyl (C=O) groups excluding carboxylic acids is 3. The van der Waals surface area contributed by atoms with Crippen LogP contribution in [0.25, 0.3) is 0 Å². The Morgan fingerprint density at radius 2 is 1.68 bits per heavy atom. The van der Waals surface area contributed by atoms with Gasteiger partial charge in [-0.1, -0.05) is 36.4 Å². The summed E-state index contributed by atoms with van der Waals surface area (Å²) in [6, 6.07) is 16.9. The summed E-state index contributed by atoms with van der Waals surface area (Å²) in [5, 5.41) is 2.92. The van der Waals surface area contributed by atoms with Gasteiger partial charge < -0.3 is 15.0 Å². The molecule has 0 radical (unpaired) electrons. The predicted molar refractivity (Wildman–Crippen MR) is 109 cm³/mol. The highest BCUT2D eigenvalue weighted by molar-refractivity contribution is 7.80. The van der Waals surface area contributed by atoms with Gasteiger partial charge in [-0.25, -0.2) is 0 Å². The fourth-order valence-electron chi connectivity index (χ4n) is 2.94. The van der Waals surface area contributed by atoms with Crippen molar-refractivity contribution in [2.45, 2.75) is 12.5 Å². The molecule has 1 fully saturated rings. The van der Waals surface area contributed by atoms with Crippen LogP contribution in [0.5, 0.6) is 0 Å². The molecule has 1 heterocycles. The number of ether oxygens (including phenoxy) is 1. The number of hydrogen-bond acceptors (Lipinski definition) is 5. The molecule has 1 atom stereocenters. The lowest BCUT2D eigenvalue weighted by atomic mass is 10.1. The third-order valence-corrected chi connectivity index (χ3v) is 4.71. The van der Waals surface area contributed by atoms with Gasteiger partial charge in [0.05, 0.1) is 19.2 Å². The van der Waals surface area contributed by atoms with E-state index in [-0.39, 0.29) is 29.9 Å². The molecule has 28 heavy (non-hydrogen) atoms. The van der Waals surface area contributed by atoms with Gasteiger partial charge in [0.15, 0.2) is 5.11 Å². The average molecular weight is 397 g/mol. The molecule has 0 spiro atoms. The van der Waals surface area contributed by atoms with Crippen LogP contribution < -0.4 is 10.2 Å². The summed E-state index contributed by atoms with van der Waals surface area (Å²) in [5.74, 6) is -1.25. The molecule has 1 saturated heterocycles. The molecule has 2 amide bonds. The number of thiocarbonyl (C=S) groups is 1. The molecule has 0 aliphatic carbocycles. The van der Waals surface area contributed by atoms with E-state index in [9.17, 15) is 14.4 Å². The van der Waals surface area contributed by atoms with Crippen LogP contribution in [-0.2, 0) is 19.1 Å². The summed E-state index contributed by atoms with van der Waals surface area (Å²) < 4.78 is 4.72. The minimum atomic E-state index is -0.893. The molecular weight excluding hydrogens is 378 g/mol. The van der Waals surface area contributed by atoms with Gasteiger partial charge in [-0.05, 0) is 36.5 Å². The summed E-state index contributed by atoms with van der Waals surface area (Å²) in [7, 11) is 1.26. The normalized spacial score (nSPS) is 16.2. The summed E-state index contributed by atoms with van der Waals surface area (Å²) in [6.07, 6.45) is -0.145. The van der Waals surface area contributed by atoms with Crippen molar-refractivity contribution >= 4 is 46.5 Å². The Morgan fingerprint density at radius 3 is 2.29 bits per heavy atom. The fraction of sp³-hybridized carbons (Fsp3) is 0.200. The minimum Gasteiger partial charge on any atom is -0.468 e. The number of anilines is 2. The molecule has 1 N–H and O–H groups in total. The number of nitrogens with one attached hydrogen (secondary N) is 1. The predicted octanol–water partition coefficient (Wildman–Crippen LogP) is 2.19. The van der Waals surface area contributed by atoms with Crippen molar-refractivity contribution in [2.24, 2.45) is 0 Å². The van der Waals surface area contributed by atoms with Crippen LogP contribution in [0.3, 0.4) is 0 Å². The van der Waals surface area contributed by atoms with Crippen molar-refractivity contribution in [3.63, 3.8) is 0 Å². The molecule has 0 saturated carbocycles. The van der Waals surface area contributed by atoms with E-state index >= 15 is 0 Å². The lowest BCUT2D eigenvalue weighted by Gasteiger charge is -2.22. The van der Waals surface area contributed by atoms with E-state index < -0.39 is 12.0 Å². The van der Waals surface area contributed by atoms with Gasteiger partial charge in [0.25, 0.3) is 5.91 Å². The quantitative estimate of drug-likeness (QED) is 0.595. The maximum atomic E-state index is 13.0. The first-order valence-electron chi connectivity index (χ1n) is 8.62. The van der Waals surface area contributed by atoms with Crippen molar-refractivity contribution in [1.29, 1.82) is 0 Å². The van der Waals surface area contributed by atoms with Crippen molar-refractivity contribution in [3.05, 3.63) is 60.7 Å². The number of hydrogen-bond donors (Lipinski definition) is 1. The molecule has 0 bridgehead atoms. The molecule has 144 valence electrons. The first-order valence-corrected chi connectivity index (χ1v) is 9.03. The molecule has 2 aromatic rings. The molecule has 0 aromatic heterocycles. The second-order valence-corrected chi connectivity index (χ2v) is 6.50. The summed E-state index contributed by atoms with van der Waals surface area (Å²) >= 11 is 5.44. The molecular formula is C20H19N3O4S. The lowest BCUT2D eigenvalue weighted by Crippen LogP contribution is -2.41. The first-order chi connectivity index (χ1) is 13.5. The smallest absolute Gasteiger partial charge is 0.325 e. The van der Waals surface area contributed by atoms with Crippen molar-refractivity contribution < 1.29 is 19.1 Å². The Hall–Kier alpha value is -3.26. The molecule has 1 unspecified atom stereocenters. The number of amides is 2. The third kappa shape index (κ3) is 4.17. The highest BCUT2D eigenvalue weighted by atomic mass is 32.1. The molecule has 3 rings (SSSR count). The fourth-order valence-corrected chi connectivity index (χ4v) is 3.33. The van der Waals surface area contributed by atoms with Crippen LogP contribution >= 0.6 is 12.2 Å². The Labute approximate surface area is 167 Å². The number of nitrogens with zero attached hydrogens (tertiary/aromatic N) is 2. The topological polar surface area (TPSA) is 79.0 Å². The van der Waals surface area contributed by atoms with E-state index in [0.717, 1.165) is 0 Å². The van der Waals surface area contributed by atoms with Gasteiger partial charge in [0, 0.05) is 5.69 Å². The van der Waals surface area contributed by atoms with Gasteiger partial charge in [-0.3, -0.25) is 19.3 Å². The van der Waals surface area contributed by atoms with Gasteiger partial charge in [0.1, 0.15) is 12.6 Å². The molecule has 2 aromatic carbocycles. The van der Waals surface area contributed by atoms with Crippen LogP contribution in [0.2, 0.25) is 0 Å². The number of benzene rings is 2. The van der Waals surface area contributed by atoms with Crippen LogP contribution in [0.1, 0.15) is 6.42 Å². The largest absolute Gasteiger partial charge is 0.468 e. The second kappa shape index (κ2) is 8.62. The molecule has 7 nitrogen and oxygen atoms in total. The Bertz CT molecular complexity index is 889. The molecule has 8 heteroatoms. The molecule has 1 aliphatic heterocycles. The Morgan fingerprint density at radius 1 is 1.07 bits per heavy atom. The Kier molecular flexibility index (Phi) is 6.00. The van der Waals surface area contributed by atoms with E-state index in [0.29, 0.717) is 11.4 Å². The van der Waals surface area contributed by atoms with E-state index in [2.05, 4.69) is 5.32 Å². The van der Waals surface area contributed by atoms with Gasteiger partial charge in [-0.15, -0.1) is 0 Å². The number of methoxy groups -OCH3 is 1. The van der Waals surface area contributed by atoms with E-state index in [1.54, 1.807) is 48.5 Å². The molecule has 1 aliphatic rings.